The van der Waals surface area contributed by atoms with Crippen LogP contribution < -0.4 is 4.90 Å². The van der Waals surface area contributed by atoms with Gasteiger partial charge in [-0.25, -0.2) is 9.07 Å². The van der Waals surface area contributed by atoms with Crippen LogP contribution in [0, 0.1) is 12.7 Å². The second-order valence-corrected chi connectivity index (χ2v) is 7.89. The fourth-order valence-electron chi connectivity index (χ4n) is 3.91. The summed E-state index contributed by atoms with van der Waals surface area (Å²) >= 11 is 0. The van der Waals surface area contributed by atoms with Crippen LogP contribution in [0.25, 0.3) is 0 Å². The standard InChI is InChI=1S/C22H27FN6/c1-16(2)29-22(24-25-26-29)21(18-6-4-17(3)5-7-18)28-14-12-27(13-15-28)20-10-8-19(23)9-11-20/h4-11,16,21H,12-15H2,1-3H3. The molecule has 1 aliphatic rings. The third-order valence-electron chi connectivity index (χ3n) is 5.52. The van der Waals surface area contributed by atoms with Crippen LogP contribution in [0.15, 0.2) is 48.5 Å². The maximum Gasteiger partial charge on any atom is 0.173 e. The Kier molecular flexibility index (Phi) is 5.58. The number of aromatic nitrogens is 4. The highest BCUT2D eigenvalue weighted by Gasteiger charge is 2.31. The Morgan fingerprint density at radius 3 is 2.17 bits per heavy atom. The van der Waals surface area contributed by atoms with E-state index in [2.05, 4.69) is 70.4 Å². The van der Waals surface area contributed by atoms with Gasteiger partial charge in [-0.15, -0.1) is 5.10 Å². The quantitative estimate of drug-likeness (QED) is 0.662. The van der Waals surface area contributed by atoms with Gasteiger partial charge >= 0.3 is 0 Å². The number of benzene rings is 2. The average molecular weight is 394 g/mol. The zero-order valence-electron chi connectivity index (χ0n) is 17.2. The lowest BCUT2D eigenvalue weighted by atomic mass is 10.0. The molecule has 1 unspecified atom stereocenters. The molecular formula is C22H27FN6. The molecule has 2 aromatic carbocycles. The van der Waals surface area contributed by atoms with E-state index in [1.807, 2.05) is 16.8 Å². The number of anilines is 1. The molecule has 152 valence electrons. The van der Waals surface area contributed by atoms with Gasteiger partial charge in [-0.3, -0.25) is 4.90 Å². The SMILES string of the molecule is Cc1ccc(C(c2nnnn2C(C)C)N2CCN(c3ccc(F)cc3)CC2)cc1. The minimum absolute atomic E-state index is 0.00312. The Morgan fingerprint density at radius 2 is 1.55 bits per heavy atom. The van der Waals surface area contributed by atoms with E-state index >= 15 is 0 Å². The van der Waals surface area contributed by atoms with Crippen LogP contribution in [0.4, 0.5) is 10.1 Å². The number of hydrogen-bond donors (Lipinski definition) is 0. The summed E-state index contributed by atoms with van der Waals surface area (Å²) < 4.78 is 15.2. The molecule has 29 heavy (non-hydrogen) atoms. The molecule has 0 spiro atoms. The van der Waals surface area contributed by atoms with Crippen molar-refractivity contribution in [2.75, 3.05) is 31.1 Å². The molecule has 0 radical (unpaired) electrons. The van der Waals surface area contributed by atoms with E-state index in [0.717, 1.165) is 37.7 Å². The van der Waals surface area contributed by atoms with Crippen molar-refractivity contribution in [3.8, 4) is 0 Å². The summed E-state index contributed by atoms with van der Waals surface area (Å²) in [6.07, 6.45) is 0. The van der Waals surface area contributed by atoms with Crippen LogP contribution >= 0.6 is 0 Å². The van der Waals surface area contributed by atoms with Crippen LogP contribution in [-0.2, 0) is 0 Å². The van der Waals surface area contributed by atoms with Gasteiger partial charge in [0.1, 0.15) is 5.82 Å². The van der Waals surface area contributed by atoms with Gasteiger partial charge in [-0.2, -0.15) is 0 Å². The highest BCUT2D eigenvalue weighted by atomic mass is 19.1. The van der Waals surface area contributed by atoms with Gasteiger partial charge in [-0.1, -0.05) is 29.8 Å². The van der Waals surface area contributed by atoms with E-state index in [-0.39, 0.29) is 17.9 Å². The molecular weight excluding hydrogens is 367 g/mol. The van der Waals surface area contributed by atoms with Crippen LogP contribution in [0.3, 0.4) is 0 Å². The molecule has 1 aliphatic heterocycles. The van der Waals surface area contributed by atoms with Crippen LogP contribution in [0.5, 0.6) is 0 Å². The minimum Gasteiger partial charge on any atom is -0.369 e. The van der Waals surface area contributed by atoms with Crippen LogP contribution in [-0.4, -0.2) is 51.3 Å². The maximum absolute atomic E-state index is 13.3. The molecule has 0 aliphatic carbocycles. The zero-order chi connectivity index (χ0) is 20.4. The van der Waals surface area contributed by atoms with Crippen molar-refractivity contribution in [1.82, 2.24) is 25.1 Å². The van der Waals surface area contributed by atoms with Gasteiger partial charge in [0.2, 0.25) is 0 Å². The highest BCUT2D eigenvalue weighted by Crippen LogP contribution is 2.30. The Hall–Kier alpha value is -2.80. The normalized spacial score (nSPS) is 16.4. The van der Waals surface area contributed by atoms with Crippen LogP contribution in [0.2, 0.25) is 0 Å². The number of hydrogen-bond acceptors (Lipinski definition) is 5. The number of nitrogens with zero attached hydrogens (tertiary/aromatic N) is 6. The highest BCUT2D eigenvalue weighted by molar-refractivity contribution is 5.46. The summed E-state index contributed by atoms with van der Waals surface area (Å²) in [5.41, 5.74) is 3.49. The molecule has 3 aromatic rings. The largest absolute Gasteiger partial charge is 0.369 e. The molecule has 1 atom stereocenters. The third-order valence-corrected chi connectivity index (χ3v) is 5.52. The lowest BCUT2D eigenvalue weighted by molar-refractivity contribution is 0.199. The topological polar surface area (TPSA) is 50.1 Å². The predicted octanol–water partition coefficient (Wildman–Crippen LogP) is 3.61. The Labute approximate surface area is 170 Å². The molecule has 0 N–H and O–H groups in total. The Morgan fingerprint density at radius 1 is 0.897 bits per heavy atom. The van der Waals surface area contributed by atoms with Crippen molar-refractivity contribution in [3.05, 3.63) is 71.3 Å². The van der Waals surface area contributed by atoms with E-state index in [4.69, 9.17) is 0 Å². The average Bonchev–Trinajstić information content (AvgIpc) is 3.21. The number of piperazine rings is 1. The summed E-state index contributed by atoms with van der Waals surface area (Å²) in [5.74, 6) is 0.673. The lowest BCUT2D eigenvalue weighted by Crippen LogP contribution is -2.48. The monoisotopic (exact) mass is 394 g/mol. The summed E-state index contributed by atoms with van der Waals surface area (Å²) in [5, 5.41) is 12.6. The van der Waals surface area contributed by atoms with Gasteiger partial charge in [-0.05, 0) is 61.0 Å². The van der Waals surface area contributed by atoms with Crippen molar-refractivity contribution in [1.29, 1.82) is 0 Å². The first-order valence-electron chi connectivity index (χ1n) is 10.1. The van der Waals surface area contributed by atoms with E-state index in [0.29, 0.717) is 0 Å². The number of aryl methyl sites for hydroxylation is 1. The van der Waals surface area contributed by atoms with Crippen molar-refractivity contribution in [3.63, 3.8) is 0 Å². The molecule has 1 aromatic heterocycles. The summed E-state index contributed by atoms with van der Waals surface area (Å²) in [7, 11) is 0. The number of tetrazole rings is 1. The second-order valence-electron chi connectivity index (χ2n) is 7.89. The van der Waals surface area contributed by atoms with Gasteiger partial charge in [0.05, 0.1) is 12.1 Å². The van der Waals surface area contributed by atoms with Crippen molar-refractivity contribution in [2.24, 2.45) is 0 Å². The summed E-state index contributed by atoms with van der Waals surface area (Å²) in [6, 6.07) is 15.6. The fourth-order valence-corrected chi connectivity index (χ4v) is 3.91. The minimum atomic E-state index is -0.202. The number of halogens is 1. The van der Waals surface area contributed by atoms with E-state index in [1.54, 1.807) is 0 Å². The van der Waals surface area contributed by atoms with E-state index in [1.165, 1.54) is 23.3 Å². The van der Waals surface area contributed by atoms with E-state index in [9.17, 15) is 4.39 Å². The molecule has 4 rings (SSSR count). The molecule has 0 bridgehead atoms. The first-order chi connectivity index (χ1) is 14.0. The van der Waals surface area contributed by atoms with Crippen molar-refractivity contribution >= 4 is 5.69 Å². The summed E-state index contributed by atoms with van der Waals surface area (Å²) in [4.78, 5) is 4.74. The zero-order valence-corrected chi connectivity index (χ0v) is 17.2. The second kappa shape index (κ2) is 8.29. The molecule has 1 fully saturated rings. The Bertz CT molecular complexity index is 927. The van der Waals surface area contributed by atoms with Gasteiger partial charge in [0.25, 0.3) is 0 Å². The third kappa shape index (κ3) is 4.15. The Balaban J connectivity index is 1.60. The number of rotatable bonds is 5. The van der Waals surface area contributed by atoms with Crippen molar-refractivity contribution in [2.45, 2.75) is 32.9 Å². The molecule has 0 amide bonds. The fraction of sp³-hybridized carbons (Fsp3) is 0.409. The van der Waals surface area contributed by atoms with Crippen LogP contribution in [0.1, 0.15) is 42.9 Å². The first kappa shape index (κ1) is 19.5. The molecule has 7 heteroatoms. The first-order valence-corrected chi connectivity index (χ1v) is 10.1. The molecule has 2 heterocycles. The van der Waals surface area contributed by atoms with Gasteiger partial charge < -0.3 is 4.90 Å². The predicted molar refractivity (Wildman–Crippen MR) is 111 cm³/mol. The molecule has 1 saturated heterocycles. The smallest absolute Gasteiger partial charge is 0.173 e. The van der Waals surface area contributed by atoms with Gasteiger partial charge in [0, 0.05) is 31.9 Å². The van der Waals surface area contributed by atoms with E-state index < -0.39 is 0 Å². The van der Waals surface area contributed by atoms with Gasteiger partial charge in [0.15, 0.2) is 5.82 Å². The lowest BCUT2D eigenvalue weighted by Gasteiger charge is -2.40. The van der Waals surface area contributed by atoms with Crippen molar-refractivity contribution < 1.29 is 4.39 Å². The molecule has 0 saturated carbocycles. The summed E-state index contributed by atoms with van der Waals surface area (Å²) in [6.45, 7) is 9.78. The molecule has 6 nitrogen and oxygen atoms in total. The maximum atomic E-state index is 13.3.